The Morgan fingerprint density at radius 2 is 1.88 bits per heavy atom. The van der Waals surface area contributed by atoms with Crippen molar-refractivity contribution < 1.29 is 19.0 Å². The van der Waals surface area contributed by atoms with Crippen LogP contribution in [0.5, 0.6) is 17.4 Å². The molecular formula is C19H22N2O4. The van der Waals surface area contributed by atoms with Crippen LogP contribution in [-0.4, -0.2) is 43.2 Å². The number of pyridine rings is 1. The van der Waals surface area contributed by atoms with Gasteiger partial charge in [0.25, 0.3) is 5.91 Å². The number of methoxy groups -OCH3 is 2. The number of benzene rings is 1. The van der Waals surface area contributed by atoms with Crippen molar-refractivity contribution in [3.63, 3.8) is 0 Å². The third-order valence-electron chi connectivity index (χ3n) is 4.28. The highest BCUT2D eigenvalue weighted by Gasteiger charge is 2.24. The van der Waals surface area contributed by atoms with E-state index in [1.54, 1.807) is 32.5 Å². The molecule has 132 valence electrons. The summed E-state index contributed by atoms with van der Waals surface area (Å²) in [6.45, 7) is 3.65. The number of fused-ring (bicyclic) bond motifs is 1. The van der Waals surface area contributed by atoms with Crippen molar-refractivity contribution in [1.29, 1.82) is 0 Å². The van der Waals surface area contributed by atoms with Gasteiger partial charge in [0.2, 0.25) is 5.88 Å². The van der Waals surface area contributed by atoms with Gasteiger partial charge < -0.3 is 19.1 Å². The summed E-state index contributed by atoms with van der Waals surface area (Å²) in [4.78, 5) is 18.7. The van der Waals surface area contributed by atoms with E-state index in [4.69, 9.17) is 14.2 Å². The number of aromatic nitrogens is 1. The van der Waals surface area contributed by atoms with Crippen LogP contribution in [0.4, 0.5) is 0 Å². The van der Waals surface area contributed by atoms with Gasteiger partial charge >= 0.3 is 0 Å². The first-order valence-corrected chi connectivity index (χ1v) is 8.28. The molecular weight excluding hydrogens is 320 g/mol. The summed E-state index contributed by atoms with van der Waals surface area (Å²) in [5, 5.41) is 0. The molecule has 0 unspecified atom stereocenters. The smallest absolute Gasteiger partial charge is 0.255 e. The molecule has 0 aliphatic carbocycles. The van der Waals surface area contributed by atoms with Gasteiger partial charge in [-0.25, -0.2) is 4.98 Å². The van der Waals surface area contributed by atoms with E-state index in [1.807, 2.05) is 24.0 Å². The quantitative estimate of drug-likeness (QED) is 0.836. The average molecular weight is 342 g/mol. The van der Waals surface area contributed by atoms with Gasteiger partial charge in [0.1, 0.15) is 0 Å². The van der Waals surface area contributed by atoms with E-state index in [0.29, 0.717) is 36.9 Å². The van der Waals surface area contributed by atoms with Crippen LogP contribution < -0.4 is 14.2 Å². The number of nitrogens with zero attached hydrogens (tertiary/aromatic N) is 2. The van der Waals surface area contributed by atoms with Crippen LogP contribution in [0.1, 0.15) is 28.4 Å². The van der Waals surface area contributed by atoms with E-state index in [0.717, 1.165) is 17.7 Å². The largest absolute Gasteiger partial charge is 0.493 e. The van der Waals surface area contributed by atoms with Gasteiger partial charge in [-0.1, -0.05) is 0 Å². The van der Waals surface area contributed by atoms with Gasteiger partial charge in [-0.05, 0) is 42.7 Å². The maximum atomic E-state index is 12.7. The maximum Gasteiger partial charge on any atom is 0.255 e. The molecule has 0 atom stereocenters. The van der Waals surface area contributed by atoms with Crippen LogP contribution in [-0.2, 0) is 13.0 Å². The van der Waals surface area contributed by atoms with Crippen molar-refractivity contribution in [3.05, 3.63) is 47.2 Å². The molecule has 6 heteroatoms. The normalized spacial score (nSPS) is 13.2. The topological polar surface area (TPSA) is 60.9 Å². The van der Waals surface area contributed by atoms with Gasteiger partial charge in [0, 0.05) is 25.4 Å². The molecule has 2 heterocycles. The minimum atomic E-state index is -0.0315. The molecule has 25 heavy (non-hydrogen) atoms. The van der Waals surface area contributed by atoms with Crippen molar-refractivity contribution in [3.8, 4) is 17.4 Å². The minimum Gasteiger partial charge on any atom is -0.493 e. The maximum absolute atomic E-state index is 12.7. The third kappa shape index (κ3) is 3.52. The van der Waals surface area contributed by atoms with E-state index in [-0.39, 0.29) is 5.91 Å². The summed E-state index contributed by atoms with van der Waals surface area (Å²) in [5.41, 5.74) is 2.83. The molecule has 0 saturated heterocycles. The Bertz CT molecular complexity index is 759. The number of carbonyl (C=O) groups is 1. The van der Waals surface area contributed by atoms with Crippen LogP contribution in [0.15, 0.2) is 30.5 Å². The highest BCUT2D eigenvalue weighted by Crippen LogP contribution is 2.33. The zero-order valence-electron chi connectivity index (χ0n) is 14.7. The van der Waals surface area contributed by atoms with Gasteiger partial charge in [0.05, 0.1) is 26.4 Å². The lowest BCUT2D eigenvalue weighted by Gasteiger charge is -2.29. The number of carbonyl (C=O) groups excluding carboxylic acids is 1. The molecule has 1 aromatic heterocycles. The Morgan fingerprint density at radius 1 is 1.16 bits per heavy atom. The minimum absolute atomic E-state index is 0.0315. The van der Waals surface area contributed by atoms with E-state index in [1.165, 1.54) is 5.56 Å². The summed E-state index contributed by atoms with van der Waals surface area (Å²) in [6.07, 6.45) is 2.35. The first kappa shape index (κ1) is 17.1. The molecule has 3 rings (SSSR count). The van der Waals surface area contributed by atoms with Crippen molar-refractivity contribution in [2.75, 3.05) is 27.4 Å². The standard InChI is InChI=1S/C19H22N2O4/c1-4-25-18-6-5-14(11-20-18)19(22)21-8-7-13-9-16(23-2)17(24-3)10-15(13)12-21/h5-6,9-11H,4,7-8,12H2,1-3H3. The monoisotopic (exact) mass is 342 g/mol. The van der Waals surface area contributed by atoms with Crippen molar-refractivity contribution >= 4 is 5.91 Å². The summed E-state index contributed by atoms with van der Waals surface area (Å²) >= 11 is 0. The van der Waals surface area contributed by atoms with E-state index >= 15 is 0 Å². The van der Waals surface area contributed by atoms with Gasteiger partial charge in [-0.2, -0.15) is 0 Å². The second-order valence-corrected chi connectivity index (χ2v) is 5.77. The fourth-order valence-electron chi connectivity index (χ4n) is 2.98. The van der Waals surface area contributed by atoms with Gasteiger partial charge in [-0.3, -0.25) is 4.79 Å². The predicted octanol–water partition coefficient (Wildman–Crippen LogP) is 2.70. The molecule has 6 nitrogen and oxygen atoms in total. The SMILES string of the molecule is CCOc1ccc(C(=O)N2CCc3cc(OC)c(OC)cc3C2)cn1. The van der Waals surface area contributed by atoms with Gasteiger partial charge in [-0.15, -0.1) is 0 Å². The number of amides is 1. The van der Waals surface area contributed by atoms with Crippen molar-refractivity contribution in [1.82, 2.24) is 9.88 Å². The molecule has 1 aliphatic heterocycles. The number of ether oxygens (including phenoxy) is 3. The first-order chi connectivity index (χ1) is 12.2. The lowest BCUT2D eigenvalue weighted by atomic mass is 9.98. The lowest BCUT2D eigenvalue weighted by molar-refractivity contribution is 0.0734. The Morgan fingerprint density at radius 3 is 2.48 bits per heavy atom. The predicted molar refractivity (Wildman–Crippen MR) is 93.4 cm³/mol. The van der Waals surface area contributed by atoms with Crippen molar-refractivity contribution in [2.24, 2.45) is 0 Å². The van der Waals surface area contributed by atoms with E-state index in [2.05, 4.69) is 4.98 Å². The zero-order chi connectivity index (χ0) is 17.8. The molecule has 1 aromatic carbocycles. The Labute approximate surface area is 147 Å². The van der Waals surface area contributed by atoms with Crippen LogP contribution in [0.2, 0.25) is 0 Å². The van der Waals surface area contributed by atoms with Crippen LogP contribution >= 0.6 is 0 Å². The molecule has 0 N–H and O–H groups in total. The molecule has 1 amide bonds. The van der Waals surface area contributed by atoms with Crippen LogP contribution in [0.25, 0.3) is 0 Å². The highest BCUT2D eigenvalue weighted by molar-refractivity contribution is 5.94. The number of hydrogen-bond donors (Lipinski definition) is 0. The molecule has 1 aliphatic rings. The molecule has 0 radical (unpaired) electrons. The molecule has 0 bridgehead atoms. The van der Waals surface area contributed by atoms with Gasteiger partial charge in [0.15, 0.2) is 11.5 Å². The van der Waals surface area contributed by atoms with Crippen LogP contribution in [0.3, 0.4) is 0 Å². The summed E-state index contributed by atoms with van der Waals surface area (Å²) < 4.78 is 16.0. The second-order valence-electron chi connectivity index (χ2n) is 5.77. The Kier molecular flexibility index (Phi) is 5.07. The zero-order valence-corrected chi connectivity index (χ0v) is 14.7. The second kappa shape index (κ2) is 7.42. The third-order valence-corrected chi connectivity index (χ3v) is 4.28. The summed E-state index contributed by atoms with van der Waals surface area (Å²) in [6, 6.07) is 7.42. The average Bonchev–Trinajstić information content (AvgIpc) is 2.66. The molecule has 2 aromatic rings. The number of hydrogen-bond acceptors (Lipinski definition) is 5. The Balaban J connectivity index is 1.78. The Hall–Kier alpha value is -2.76. The molecule has 0 fully saturated rings. The molecule has 0 saturated carbocycles. The summed E-state index contributed by atoms with van der Waals surface area (Å²) in [7, 11) is 3.24. The fraction of sp³-hybridized carbons (Fsp3) is 0.368. The molecule has 0 spiro atoms. The highest BCUT2D eigenvalue weighted by atomic mass is 16.5. The fourth-order valence-corrected chi connectivity index (χ4v) is 2.98. The van der Waals surface area contributed by atoms with Crippen LogP contribution in [0, 0.1) is 0 Å². The lowest BCUT2D eigenvalue weighted by Crippen LogP contribution is -2.36. The first-order valence-electron chi connectivity index (χ1n) is 8.28. The summed E-state index contributed by atoms with van der Waals surface area (Å²) in [5.74, 6) is 1.89. The number of rotatable bonds is 5. The van der Waals surface area contributed by atoms with E-state index in [9.17, 15) is 4.79 Å². The van der Waals surface area contributed by atoms with E-state index < -0.39 is 0 Å². The van der Waals surface area contributed by atoms with Crippen molar-refractivity contribution in [2.45, 2.75) is 19.9 Å².